The lowest BCUT2D eigenvalue weighted by Crippen LogP contribution is -2.26. The summed E-state index contributed by atoms with van der Waals surface area (Å²) in [4.78, 5) is 3.11. The molecule has 0 saturated heterocycles. The van der Waals surface area contributed by atoms with Gasteiger partial charge in [-0.05, 0) is 32.9 Å². The Hall–Kier alpha value is -1.15. The van der Waals surface area contributed by atoms with Crippen molar-refractivity contribution in [1.82, 2.24) is 4.98 Å². The number of hydrogen-bond donors (Lipinski definition) is 0. The van der Waals surface area contributed by atoms with Gasteiger partial charge in [-0.2, -0.15) is 13.2 Å². The Morgan fingerprint density at radius 2 is 1.84 bits per heavy atom. The van der Waals surface area contributed by atoms with Gasteiger partial charge in [-0.25, -0.2) is 9.37 Å². The molecule has 0 saturated carbocycles. The van der Waals surface area contributed by atoms with E-state index in [4.69, 9.17) is 0 Å². The zero-order valence-electron chi connectivity index (χ0n) is 10.5. The molecule has 1 unspecified atom stereocenters. The van der Waals surface area contributed by atoms with Gasteiger partial charge < -0.3 is 4.55 Å². The summed E-state index contributed by atoms with van der Waals surface area (Å²) in [5.41, 5.74) is -1.82. The molecule has 0 spiro atoms. The van der Waals surface area contributed by atoms with Crippen molar-refractivity contribution < 1.29 is 22.1 Å². The van der Waals surface area contributed by atoms with Crippen molar-refractivity contribution in [2.24, 2.45) is 4.40 Å². The van der Waals surface area contributed by atoms with Crippen LogP contribution in [-0.2, 0) is 17.5 Å². The molecule has 3 nitrogen and oxygen atoms in total. The standard InChI is InChI=1S/C11H12F4N2OS/c1-10(2,3)19(18)16-6-7-4-5-8(12)9(17-7)11(13,14)15/h4-6H,1-3H3. The third-order valence-electron chi connectivity index (χ3n) is 1.94. The highest BCUT2D eigenvalue weighted by Gasteiger charge is 2.36. The van der Waals surface area contributed by atoms with Crippen LogP contribution in [0.2, 0.25) is 0 Å². The molecule has 1 atom stereocenters. The molecule has 8 heteroatoms. The molecule has 1 rings (SSSR count). The molecule has 0 radical (unpaired) electrons. The third-order valence-corrected chi connectivity index (χ3v) is 3.29. The molecule has 1 aromatic heterocycles. The van der Waals surface area contributed by atoms with Crippen molar-refractivity contribution in [3.63, 3.8) is 0 Å². The van der Waals surface area contributed by atoms with Gasteiger partial charge in [0.2, 0.25) is 0 Å². The van der Waals surface area contributed by atoms with Crippen LogP contribution < -0.4 is 0 Å². The minimum Gasteiger partial charge on any atom is -0.591 e. The van der Waals surface area contributed by atoms with Crippen LogP contribution in [0.5, 0.6) is 0 Å². The first-order chi connectivity index (χ1) is 8.51. The van der Waals surface area contributed by atoms with Crippen LogP contribution in [0.15, 0.2) is 16.5 Å². The number of pyridine rings is 1. The molecule has 0 aromatic carbocycles. The molecular formula is C11H12F4N2OS. The largest absolute Gasteiger partial charge is 0.591 e. The van der Waals surface area contributed by atoms with Gasteiger partial charge in [0.25, 0.3) is 0 Å². The summed E-state index contributed by atoms with van der Waals surface area (Å²) in [5, 5.41) is 0. The van der Waals surface area contributed by atoms with E-state index in [0.717, 1.165) is 12.3 Å². The molecule has 1 aromatic rings. The molecule has 0 aliphatic rings. The van der Waals surface area contributed by atoms with Crippen LogP contribution >= 0.6 is 0 Å². The fourth-order valence-corrected chi connectivity index (χ4v) is 1.51. The fourth-order valence-electron chi connectivity index (χ4n) is 0.988. The quantitative estimate of drug-likeness (QED) is 0.478. The van der Waals surface area contributed by atoms with Gasteiger partial charge in [0.05, 0.1) is 5.69 Å². The van der Waals surface area contributed by atoms with Crippen molar-refractivity contribution in [3.05, 3.63) is 29.3 Å². The van der Waals surface area contributed by atoms with Crippen LogP contribution in [0, 0.1) is 5.82 Å². The summed E-state index contributed by atoms with van der Waals surface area (Å²) in [5.74, 6) is -1.46. The van der Waals surface area contributed by atoms with Crippen LogP contribution in [0.1, 0.15) is 32.2 Å². The SMILES string of the molecule is CC(C)(C)[S+]([O-])N=Cc1ccc(F)c(C(F)(F)F)n1. The molecular weight excluding hydrogens is 284 g/mol. The second kappa shape index (κ2) is 5.46. The average Bonchev–Trinajstić information content (AvgIpc) is 2.24. The number of nitrogens with zero attached hydrogens (tertiary/aromatic N) is 2. The minimum absolute atomic E-state index is 0.202. The Balaban J connectivity index is 3.02. The van der Waals surface area contributed by atoms with Gasteiger partial charge >= 0.3 is 6.18 Å². The molecule has 0 aliphatic carbocycles. The third kappa shape index (κ3) is 4.46. The number of rotatable bonds is 2. The monoisotopic (exact) mass is 296 g/mol. The lowest BCUT2D eigenvalue weighted by molar-refractivity contribution is -0.143. The van der Waals surface area contributed by atoms with E-state index in [1.165, 1.54) is 0 Å². The van der Waals surface area contributed by atoms with Crippen molar-refractivity contribution in [1.29, 1.82) is 0 Å². The summed E-state index contributed by atoms with van der Waals surface area (Å²) >= 11 is -1.62. The summed E-state index contributed by atoms with van der Waals surface area (Å²) < 4.78 is 64.7. The van der Waals surface area contributed by atoms with Gasteiger partial charge in [-0.3, -0.25) is 0 Å². The highest BCUT2D eigenvalue weighted by Crippen LogP contribution is 2.29. The van der Waals surface area contributed by atoms with Crippen LogP contribution in [0.25, 0.3) is 0 Å². The van der Waals surface area contributed by atoms with Crippen LogP contribution in [0.4, 0.5) is 17.6 Å². The first kappa shape index (κ1) is 15.9. The summed E-state index contributed by atoms with van der Waals surface area (Å²) in [6.45, 7) is 5.00. The first-order valence-electron chi connectivity index (χ1n) is 5.21. The Kier molecular flexibility index (Phi) is 4.57. The normalized spacial score (nSPS) is 14.9. The van der Waals surface area contributed by atoms with E-state index >= 15 is 0 Å². The van der Waals surface area contributed by atoms with Crippen molar-refractivity contribution in [2.75, 3.05) is 0 Å². The molecule has 0 aliphatic heterocycles. The van der Waals surface area contributed by atoms with Gasteiger partial charge in [0.15, 0.2) is 11.5 Å². The lowest BCUT2D eigenvalue weighted by atomic mass is 10.3. The second-order valence-corrected chi connectivity index (χ2v) is 6.59. The smallest absolute Gasteiger partial charge is 0.436 e. The zero-order chi connectivity index (χ0) is 14.8. The van der Waals surface area contributed by atoms with Gasteiger partial charge in [0.1, 0.15) is 22.3 Å². The van der Waals surface area contributed by atoms with Gasteiger partial charge in [-0.1, -0.05) is 4.40 Å². The summed E-state index contributed by atoms with van der Waals surface area (Å²) in [7, 11) is 0. The minimum atomic E-state index is -4.88. The highest BCUT2D eigenvalue weighted by atomic mass is 32.2. The first-order valence-corrected chi connectivity index (χ1v) is 6.32. The second-order valence-electron chi connectivity index (χ2n) is 4.66. The van der Waals surface area contributed by atoms with E-state index in [1.54, 1.807) is 20.8 Å². The number of hydrogen-bond acceptors (Lipinski definition) is 3. The van der Waals surface area contributed by atoms with Crippen LogP contribution in [-0.4, -0.2) is 20.5 Å². The van der Waals surface area contributed by atoms with E-state index < -0.39 is 33.8 Å². The number of halogens is 4. The number of alkyl halides is 3. The van der Waals surface area contributed by atoms with E-state index in [-0.39, 0.29) is 5.69 Å². The van der Waals surface area contributed by atoms with E-state index in [2.05, 4.69) is 9.38 Å². The molecule has 0 amide bonds. The van der Waals surface area contributed by atoms with E-state index in [1.807, 2.05) is 0 Å². The predicted molar refractivity (Wildman–Crippen MR) is 64.7 cm³/mol. The zero-order valence-corrected chi connectivity index (χ0v) is 11.3. The van der Waals surface area contributed by atoms with E-state index in [9.17, 15) is 22.1 Å². The molecule has 0 N–H and O–H groups in total. The van der Waals surface area contributed by atoms with Crippen molar-refractivity contribution in [3.8, 4) is 0 Å². The maximum Gasteiger partial charge on any atom is 0.436 e. The Morgan fingerprint density at radius 3 is 2.32 bits per heavy atom. The average molecular weight is 296 g/mol. The Morgan fingerprint density at radius 1 is 1.26 bits per heavy atom. The predicted octanol–water partition coefficient (Wildman–Crippen LogP) is 3.12. The summed E-state index contributed by atoms with van der Waals surface area (Å²) in [6.07, 6.45) is -3.94. The molecule has 19 heavy (non-hydrogen) atoms. The lowest BCUT2D eigenvalue weighted by Gasteiger charge is -2.17. The topological polar surface area (TPSA) is 48.3 Å². The van der Waals surface area contributed by atoms with Gasteiger partial charge in [0, 0.05) is 0 Å². The fraction of sp³-hybridized carbons (Fsp3) is 0.455. The number of aromatic nitrogens is 1. The Labute approximate surface area is 111 Å². The highest BCUT2D eigenvalue weighted by molar-refractivity contribution is 7.91. The van der Waals surface area contributed by atoms with Gasteiger partial charge in [-0.15, -0.1) is 0 Å². The molecule has 106 valence electrons. The van der Waals surface area contributed by atoms with Crippen molar-refractivity contribution >= 4 is 17.6 Å². The maximum absolute atomic E-state index is 13.0. The van der Waals surface area contributed by atoms with E-state index in [0.29, 0.717) is 6.07 Å². The Bertz CT molecular complexity index is 483. The van der Waals surface area contributed by atoms with Crippen molar-refractivity contribution in [2.45, 2.75) is 31.7 Å². The van der Waals surface area contributed by atoms with Crippen LogP contribution in [0.3, 0.4) is 0 Å². The molecule has 0 bridgehead atoms. The molecule has 0 fully saturated rings. The maximum atomic E-state index is 13.0. The summed E-state index contributed by atoms with van der Waals surface area (Å²) in [6, 6.07) is 1.69. The molecule has 1 heterocycles.